The predicted octanol–water partition coefficient (Wildman–Crippen LogP) is 3.85. The standard InChI is InChI=1S/C17H23FN4S.HI/c1-13-21-16(12-23-13)11-22(3)17(19-2)20-9-5-7-14-6-4-8-15(18)10-14;/h4,6,8,10,12H,5,7,9,11H2,1-3H3,(H,19,20);1H. The molecule has 0 spiro atoms. The van der Waals surface area contributed by atoms with Crippen LogP contribution in [0.5, 0.6) is 0 Å². The lowest BCUT2D eigenvalue weighted by Crippen LogP contribution is -2.39. The summed E-state index contributed by atoms with van der Waals surface area (Å²) in [5.41, 5.74) is 2.07. The van der Waals surface area contributed by atoms with Gasteiger partial charge in [0, 0.05) is 26.0 Å². The number of aryl methyl sites for hydroxylation is 2. The Balaban J connectivity index is 0.00000288. The molecule has 0 aliphatic heterocycles. The van der Waals surface area contributed by atoms with Gasteiger partial charge in [0.05, 0.1) is 17.2 Å². The summed E-state index contributed by atoms with van der Waals surface area (Å²) in [6.07, 6.45) is 1.77. The number of guanidine groups is 1. The fourth-order valence-corrected chi connectivity index (χ4v) is 2.97. The molecule has 2 rings (SSSR count). The molecule has 24 heavy (non-hydrogen) atoms. The van der Waals surface area contributed by atoms with Gasteiger partial charge in [0.2, 0.25) is 0 Å². The smallest absolute Gasteiger partial charge is 0.193 e. The van der Waals surface area contributed by atoms with Crippen LogP contribution in [0.15, 0.2) is 34.6 Å². The average Bonchev–Trinajstić information content (AvgIpc) is 2.92. The monoisotopic (exact) mass is 462 g/mol. The molecular weight excluding hydrogens is 438 g/mol. The van der Waals surface area contributed by atoms with E-state index in [0.29, 0.717) is 0 Å². The SMILES string of the molecule is CN=C(NCCCc1cccc(F)c1)N(C)Cc1csc(C)n1.I. The van der Waals surface area contributed by atoms with E-state index in [9.17, 15) is 4.39 Å². The highest BCUT2D eigenvalue weighted by Gasteiger charge is 2.08. The molecule has 0 saturated heterocycles. The lowest BCUT2D eigenvalue weighted by atomic mass is 10.1. The Hall–Kier alpha value is -1.22. The van der Waals surface area contributed by atoms with Crippen molar-refractivity contribution in [2.45, 2.75) is 26.3 Å². The van der Waals surface area contributed by atoms with E-state index >= 15 is 0 Å². The van der Waals surface area contributed by atoms with Crippen molar-refractivity contribution in [2.24, 2.45) is 4.99 Å². The second kappa shape index (κ2) is 10.6. The summed E-state index contributed by atoms with van der Waals surface area (Å²) in [6, 6.07) is 6.76. The van der Waals surface area contributed by atoms with Crippen molar-refractivity contribution < 1.29 is 4.39 Å². The minimum atomic E-state index is -0.176. The number of thiazole rings is 1. The first-order valence-corrected chi connectivity index (χ1v) is 8.53. The predicted molar refractivity (Wildman–Crippen MR) is 110 cm³/mol. The molecule has 1 heterocycles. The largest absolute Gasteiger partial charge is 0.356 e. The van der Waals surface area contributed by atoms with Crippen LogP contribution >= 0.6 is 35.3 Å². The topological polar surface area (TPSA) is 40.5 Å². The Labute approximate surface area is 164 Å². The summed E-state index contributed by atoms with van der Waals surface area (Å²) < 4.78 is 13.1. The Morgan fingerprint density at radius 2 is 2.21 bits per heavy atom. The van der Waals surface area contributed by atoms with Crippen molar-refractivity contribution in [1.82, 2.24) is 15.2 Å². The maximum atomic E-state index is 13.1. The van der Waals surface area contributed by atoms with Gasteiger partial charge in [-0.25, -0.2) is 9.37 Å². The van der Waals surface area contributed by atoms with E-state index in [0.717, 1.165) is 48.2 Å². The van der Waals surface area contributed by atoms with Crippen molar-refractivity contribution >= 4 is 41.3 Å². The first-order valence-electron chi connectivity index (χ1n) is 7.65. The van der Waals surface area contributed by atoms with Crippen LogP contribution in [-0.4, -0.2) is 36.5 Å². The van der Waals surface area contributed by atoms with Crippen LogP contribution in [-0.2, 0) is 13.0 Å². The van der Waals surface area contributed by atoms with Crippen molar-refractivity contribution in [3.05, 3.63) is 51.7 Å². The van der Waals surface area contributed by atoms with Crippen LogP contribution in [0.4, 0.5) is 4.39 Å². The van der Waals surface area contributed by atoms with Crippen LogP contribution in [0.2, 0.25) is 0 Å². The lowest BCUT2D eigenvalue weighted by Gasteiger charge is -2.21. The van der Waals surface area contributed by atoms with Gasteiger partial charge in [0.1, 0.15) is 5.82 Å². The Kier molecular flexibility index (Phi) is 9.20. The Morgan fingerprint density at radius 3 is 2.83 bits per heavy atom. The van der Waals surface area contributed by atoms with Crippen molar-refractivity contribution in [1.29, 1.82) is 0 Å². The normalized spacial score (nSPS) is 11.1. The third-order valence-corrected chi connectivity index (χ3v) is 4.28. The third-order valence-electron chi connectivity index (χ3n) is 3.45. The highest BCUT2D eigenvalue weighted by molar-refractivity contribution is 14.0. The maximum Gasteiger partial charge on any atom is 0.193 e. The van der Waals surface area contributed by atoms with E-state index in [-0.39, 0.29) is 29.8 Å². The van der Waals surface area contributed by atoms with Crippen LogP contribution in [0.3, 0.4) is 0 Å². The number of aliphatic imine (C=N–C) groups is 1. The highest BCUT2D eigenvalue weighted by atomic mass is 127. The van der Waals surface area contributed by atoms with Crippen molar-refractivity contribution in [3.8, 4) is 0 Å². The quantitative estimate of drug-likeness (QED) is 0.307. The molecule has 1 aromatic carbocycles. The molecule has 0 atom stereocenters. The number of rotatable bonds is 6. The van der Waals surface area contributed by atoms with E-state index in [1.807, 2.05) is 20.0 Å². The Morgan fingerprint density at radius 1 is 1.42 bits per heavy atom. The molecule has 0 aliphatic rings. The zero-order valence-electron chi connectivity index (χ0n) is 14.3. The van der Waals surface area contributed by atoms with Crippen molar-refractivity contribution in [2.75, 3.05) is 20.6 Å². The summed E-state index contributed by atoms with van der Waals surface area (Å²) in [5, 5.41) is 6.49. The number of benzene rings is 1. The van der Waals surface area contributed by atoms with Gasteiger partial charge in [-0.1, -0.05) is 12.1 Å². The molecule has 1 N–H and O–H groups in total. The number of halogens is 2. The average molecular weight is 462 g/mol. The summed E-state index contributed by atoms with van der Waals surface area (Å²) >= 11 is 1.66. The van der Waals surface area contributed by atoms with Gasteiger partial charge in [-0.3, -0.25) is 4.99 Å². The van der Waals surface area contributed by atoms with Gasteiger partial charge in [0.25, 0.3) is 0 Å². The second-order valence-corrected chi connectivity index (χ2v) is 6.48. The zero-order chi connectivity index (χ0) is 16.7. The van der Waals surface area contributed by atoms with Gasteiger partial charge >= 0.3 is 0 Å². The second-order valence-electron chi connectivity index (χ2n) is 5.42. The van der Waals surface area contributed by atoms with Gasteiger partial charge in [-0.15, -0.1) is 35.3 Å². The Bertz CT molecular complexity index is 660. The minimum absolute atomic E-state index is 0. The molecule has 2 aromatic rings. The summed E-state index contributed by atoms with van der Waals surface area (Å²) in [5.74, 6) is 0.666. The first kappa shape index (κ1) is 20.8. The molecule has 1 aromatic heterocycles. The van der Waals surface area contributed by atoms with Crippen LogP contribution in [0.25, 0.3) is 0 Å². The first-order chi connectivity index (χ1) is 11.1. The van der Waals surface area contributed by atoms with E-state index in [4.69, 9.17) is 0 Å². The summed E-state index contributed by atoms with van der Waals surface area (Å²) in [6.45, 7) is 3.53. The molecular formula is C17H24FIN4S. The van der Waals surface area contributed by atoms with Gasteiger partial charge in [0.15, 0.2) is 5.96 Å². The van der Waals surface area contributed by atoms with Crippen LogP contribution in [0, 0.1) is 12.7 Å². The molecule has 0 amide bonds. The van der Waals surface area contributed by atoms with Crippen molar-refractivity contribution in [3.63, 3.8) is 0 Å². The molecule has 0 fully saturated rings. The van der Waals surface area contributed by atoms with Gasteiger partial charge in [-0.2, -0.15) is 0 Å². The number of nitrogens with zero attached hydrogens (tertiary/aromatic N) is 3. The molecule has 0 unspecified atom stereocenters. The number of aromatic nitrogens is 1. The number of nitrogens with one attached hydrogen (secondary N) is 1. The summed E-state index contributed by atoms with van der Waals surface area (Å²) in [4.78, 5) is 10.8. The van der Waals surface area contributed by atoms with E-state index in [1.165, 1.54) is 6.07 Å². The van der Waals surface area contributed by atoms with Gasteiger partial charge < -0.3 is 10.2 Å². The molecule has 0 radical (unpaired) electrons. The third kappa shape index (κ3) is 6.72. The fraction of sp³-hybridized carbons (Fsp3) is 0.412. The zero-order valence-corrected chi connectivity index (χ0v) is 17.4. The fourth-order valence-electron chi connectivity index (χ4n) is 2.37. The van der Waals surface area contributed by atoms with E-state index in [2.05, 4.69) is 25.6 Å². The minimum Gasteiger partial charge on any atom is -0.356 e. The number of hydrogen-bond acceptors (Lipinski definition) is 3. The number of hydrogen-bond donors (Lipinski definition) is 1. The molecule has 0 saturated carbocycles. The molecule has 0 aliphatic carbocycles. The molecule has 132 valence electrons. The maximum absolute atomic E-state index is 13.1. The van der Waals surface area contributed by atoms with E-state index < -0.39 is 0 Å². The van der Waals surface area contributed by atoms with Crippen LogP contribution < -0.4 is 5.32 Å². The highest BCUT2D eigenvalue weighted by Crippen LogP contribution is 2.10. The molecule has 7 heteroatoms. The summed E-state index contributed by atoms with van der Waals surface area (Å²) in [7, 11) is 3.77. The lowest BCUT2D eigenvalue weighted by molar-refractivity contribution is 0.470. The van der Waals surface area contributed by atoms with Crippen LogP contribution in [0.1, 0.15) is 22.7 Å². The molecule has 0 bridgehead atoms. The molecule has 4 nitrogen and oxygen atoms in total. The van der Waals surface area contributed by atoms with Gasteiger partial charge in [-0.05, 0) is 37.5 Å². The van der Waals surface area contributed by atoms with E-state index in [1.54, 1.807) is 30.5 Å².